The third-order valence-electron chi connectivity index (χ3n) is 14.5. The second kappa shape index (κ2) is 44.3. The van der Waals surface area contributed by atoms with E-state index in [1.54, 1.807) is 13.8 Å². The van der Waals surface area contributed by atoms with Crippen LogP contribution in [0.4, 0.5) is 0 Å². The van der Waals surface area contributed by atoms with E-state index in [1.165, 1.54) is 20.8 Å². The Morgan fingerprint density at radius 3 is 1.53 bits per heavy atom. The maximum absolute atomic E-state index is 14.6. The van der Waals surface area contributed by atoms with Crippen LogP contribution in [-0.4, -0.2) is 185 Å². The second-order valence-electron chi connectivity index (χ2n) is 22.5. The van der Waals surface area contributed by atoms with E-state index in [2.05, 4.69) is 125 Å². The molecule has 17 N–H and O–H groups in total. The first kappa shape index (κ1) is 79.8. The number of Topliss-reactive ketones (excluding diaryl/α,β-unsaturated/α-hetero) is 1. The van der Waals surface area contributed by atoms with Gasteiger partial charge in [-0.2, -0.15) is 0 Å². The molecule has 0 aromatic carbocycles. The van der Waals surface area contributed by atoms with E-state index in [0.29, 0.717) is 25.2 Å². The van der Waals surface area contributed by atoms with E-state index >= 15 is 0 Å². The Hall–Kier alpha value is -4.19. The normalized spacial score (nSPS) is 23.3. The Balaban J connectivity index is 3.92. The van der Waals surface area contributed by atoms with Crippen LogP contribution in [0.5, 0.6) is 0 Å². The SMILES string of the molecule is CCCC[C@@H]1NC(=O)[C@H](CCNP)NC(=O)[C@H](C(C)O)NC(=O)[C@@H](CC(C)C)NC(=O)[C@H](CCNP)NC(=O)C(NC(=O)[C@@H](CCNP)NC(=O)[C@@H](NC(=O)[C@H](CCNP)NC(=O)CCCCC(C)CC)C(C)O)CCCC(=O)[C@H](C(C)O)NC1=O. The predicted octanol–water partition coefficient (Wildman–Crippen LogP) is -2.35. The van der Waals surface area contributed by atoms with Crippen LogP contribution in [-0.2, 0) is 52.7 Å². The summed E-state index contributed by atoms with van der Waals surface area (Å²) in [5.41, 5.74) is 0. The lowest BCUT2D eigenvalue weighted by molar-refractivity contribution is -0.137. The van der Waals surface area contributed by atoms with Crippen molar-refractivity contribution in [3.63, 3.8) is 0 Å². The molecule has 32 heteroatoms. The molecule has 1 saturated heterocycles. The molecule has 0 aromatic rings. The van der Waals surface area contributed by atoms with Crippen LogP contribution < -0.4 is 73.5 Å². The number of ketones is 1. The molecule has 0 bridgehead atoms. The number of carbonyl (C=O) groups excluding carboxylic acids is 11. The van der Waals surface area contributed by atoms with Gasteiger partial charge in [-0.25, -0.2) is 0 Å². The van der Waals surface area contributed by atoms with Crippen LogP contribution in [0.2, 0.25) is 0 Å². The number of amides is 10. The van der Waals surface area contributed by atoms with Crippen molar-refractivity contribution in [1.29, 1.82) is 0 Å². The molecule has 0 aromatic heterocycles. The van der Waals surface area contributed by atoms with Crippen LogP contribution in [0.3, 0.4) is 0 Å². The van der Waals surface area contributed by atoms with Crippen molar-refractivity contribution in [3.8, 4) is 0 Å². The lowest BCUT2D eigenvalue weighted by Gasteiger charge is -2.29. The number of hydrogen-bond acceptors (Lipinski definition) is 18. The summed E-state index contributed by atoms with van der Waals surface area (Å²) >= 11 is 0. The number of rotatable bonds is 33. The molecule has 0 spiro atoms. The summed E-state index contributed by atoms with van der Waals surface area (Å²) < 4.78 is 0. The molecular formula is C54H104N14O14P4. The van der Waals surface area contributed by atoms with Gasteiger partial charge in [-0.3, -0.25) is 52.7 Å². The van der Waals surface area contributed by atoms with E-state index in [4.69, 9.17) is 0 Å². The topological polar surface area (TPSA) is 417 Å². The fourth-order valence-electron chi connectivity index (χ4n) is 9.17. The number of hydrogen-bond donors (Lipinski definition) is 17. The molecule has 28 nitrogen and oxygen atoms in total. The molecule has 0 radical (unpaired) electrons. The van der Waals surface area contributed by atoms with Crippen molar-refractivity contribution in [2.45, 2.75) is 237 Å². The first-order chi connectivity index (χ1) is 40.7. The van der Waals surface area contributed by atoms with Gasteiger partial charge in [0.1, 0.15) is 60.4 Å². The van der Waals surface area contributed by atoms with Crippen LogP contribution in [0.15, 0.2) is 0 Å². The molecule has 1 aliphatic heterocycles. The van der Waals surface area contributed by atoms with Gasteiger partial charge in [-0.15, -0.1) is 0 Å². The maximum atomic E-state index is 14.6. The quantitative estimate of drug-likeness (QED) is 0.0242. The number of unbranched alkanes of at least 4 members (excludes halogenated alkanes) is 2. The third-order valence-corrected chi connectivity index (χ3v) is 15.7. The van der Waals surface area contributed by atoms with Crippen LogP contribution in [0.25, 0.3) is 0 Å². The zero-order chi connectivity index (χ0) is 65.1. The predicted molar refractivity (Wildman–Crippen MR) is 339 cm³/mol. The zero-order valence-corrected chi connectivity index (χ0v) is 56.1. The second-order valence-corrected chi connectivity index (χ2v) is 24.2. The number of carbonyl (C=O) groups is 11. The van der Waals surface area contributed by atoms with Crippen LogP contribution in [0.1, 0.15) is 158 Å². The summed E-state index contributed by atoms with van der Waals surface area (Å²) in [7, 11) is 9.09. The fraction of sp³-hybridized carbons (Fsp3) is 0.796. The first-order valence-corrected chi connectivity index (χ1v) is 32.3. The zero-order valence-electron chi connectivity index (χ0n) is 51.4. The molecule has 1 rings (SSSR count). The van der Waals surface area contributed by atoms with Crippen molar-refractivity contribution >= 4 is 102 Å². The highest BCUT2D eigenvalue weighted by atomic mass is 31.0. The average Bonchev–Trinajstić information content (AvgIpc) is 3.27. The van der Waals surface area contributed by atoms with Gasteiger partial charge < -0.3 is 88.8 Å². The summed E-state index contributed by atoms with van der Waals surface area (Å²) in [5.74, 6) is -8.85. The summed E-state index contributed by atoms with van der Waals surface area (Å²) in [5, 5.41) is 70.1. The van der Waals surface area contributed by atoms with Gasteiger partial charge in [0.15, 0.2) is 5.78 Å². The van der Waals surface area contributed by atoms with Gasteiger partial charge in [-0.1, -0.05) is 104 Å². The van der Waals surface area contributed by atoms with Crippen molar-refractivity contribution in [1.82, 2.24) is 73.5 Å². The van der Waals surface area contributed by atoms with E-state index < -0.39 is 144 Å². The summed E-state index contributed by atoms with van der Waals surface area (Å²) in [6.07, 6.45) is -0.936. The Kier molecular flexibility index (Phi) is 41.1. The first-order valence-electron chi connectivity index (χ1n) is 30.0. The standard InChI is InChI=1S/C54H104N14O14P4/c1-9-11-16-34-50(78)66-43(31(6)69)41(72)18-14-17-35(61-48(76)39(23-27-58-86)63-53(81)44(32(7)70)67-51(79)36(20-24-55-83)59-42(73)19-13-12-15-30(5)10-2)46(74)62-37(21-25-56-84)49(77)65-40(28-29(3)4)52(80)68-45(33(8)71)54(82)64-38(22-26-57-85)47(75)60-34/h29-40,43-45,55-58,69-71H,9-28,83-86H2,1-8H3,(H,59,73)(H,60,75)(H,61,76)(H,62,74)(H,63,81)(H,64,82)(H,65,77)(H,66,78)(H,67,79)(H,68,80)/t30?,31?,32?,33?,34-,35?,36-,37-,38-,39+,40+,43-,44-,45-/m0/s1. The van der Waals surface area contributed by atoms with E-state index in [1.807, 2.05) is 6.92 Å². The van der Waals surface area contributed by atoms with E-state index in [-0.39, 0.29) is 95.8 Å². The molecule has 1 fully saturated rings. The molecule has 0 saturated carbocycles. The smallest absolute Gasteiger partial charge is 0.245 e. The van der Waals surface area contributed by atoms with Gasteiger partial charge >= 0.3 is 0 Å². The lowest BCUT2D eigenvalue weighted by atomic mass is 9.98. The van der Waals surface area contributed by atoms with Crippen molar-refractivity contribution in [3.05, 3.63) is 0 Å². The van der Waals surface area contributed by atoms with Crippen LogP contribution in [0, 0.1) is 11.8 Å². The molecule has 494 valence electrons. The Morgan fingerprint density at radius 1 is 0.535 bits per heavy atom. The maximum Gasteiger partial charge on any atom is 0.245 e. The van der Waals surface area contributed by atoms with Crippen molar-refractivity contribution < 1.29 is 68.1 Å². The summed E-state index contributed by atoms with van der Waals surface area (Å²) in [4.78, 5) is 155. The molecule has 1 aliphatic rings. The highest BCUT2D eigenvalue weighted by Crippen LogP contribution is 2.15. The molecule has 0 aliphatic carbocycles. The average molecular weight is 1300 g/mol. The Morgan fingerprint density at radius 2 is 1.02 bits per heavy atom. The highest BCUT2D eigenvalue weighted by molar-refractivity contribution is 7.14. The van der Waals surface area contributed by atoms with Gasteiger partial charge in [-0.05, 0) is 90.4 Å². The lowest BCUT2D eigenvalue weighted by Crippen LogP contribution is -2.62. The van der Waals surface area contributed by atoms with E-state index in [0.717, 1.165) is 19.3 Å². The molecule has 9 unspecified atom stereocenters. The van der Waals surface area contributed by atoms with Gasteiger partial charge in [0.2, 0.25) is 59.1 Å². The molecule has 18 atom stereocenters. The molecule has 1 heterocycles. The van der Waals surface area contributed by atoms with E-state index in [9.17, 15) is 68.1 Å². The van der Waals surface area contributed by atoms with Crippen molar-refractivity contribution in [2.75, 3.05) is 26.2 Å². The Labute approximate surface area is 516 Å². The summed E-state index contributed by atoms with van der Waals surface area (Å²) in [6.45, 7) is 14.0. The third kappa shape index (κ3) is 30.8. The fourth-order valence-corrected chi connectivity index (χ4v) is 9.84. The number of aliphatic hydroxyl groups excluding tert-OH is 3. The summed E-state index contributed by atoms with van der Waals surface area (Å²) in [6, 6.07) is -14.4. The minimum Gasteiger partial charge on any atom is -0.391 e. The minimum atomic E-state index is -1.68. The number of nitrogens with one attached hydrogen (secondary N) is 14. The highest BCUT2D eigenvalue weighted by Gasteiger charge is 2.38. The van der Waals surface area contributed by atoms with Crippen molar-refractivity contribution in [2.24, 2.45) is 11.8 Å². The van der Waals surface area contributed by atoms with Crippen LogP contribution >= 0.6 is 37.6 Å². The van der Waals surface area contributed by atoms with Gasteiger partial charge in [0, 0.05) is 39.0 Å². The monoisotopic (exact) mass is 1300 g/mol. The number of aliphatic hydroxyl groups is 3. The molecule has 86 heavy (non-hydrogen) atoms. The molecule has 10 amide bonds. The van der Waals surface area contributed by atoms with Gasteiger partial charge in [0.05, 0.1) is 18.3 Å². The molecular weight excluding hydrogens is 1190 g/mol. The van der Waals surface area contributed by atoms with Gasteiger partial charge in [0.25, 0.3) is 0 Å². The largest absolute Gasteiger partial charge is 0.391 e. The Bertz CT molecular complexity index is 2160. The minimum absolute atomic E-state index is 0.00377.